The van der Waals surface area contributed by atoms with Gasteiger partial charge in [-0.2, -0.15) is 0 Å². The summed E-state index contributed by atoms with van der Waals surface area (Å²) in [7, 11) is 0. The van der Waals surface area contributed by atoms with Crippen molar-refractivity contribution >= 4 is 5.91 Å². The SMILES string of the molecule is NC(Cc1ccccc1)C(=O)N1CCNCC1. The second-order valence-electron chi connectivity index (χ2n) is 4.37. The zero-order valence-corrected chi connectivity index (χ0v) is 9.93. The monoisotopic (exact) mass is 233 g/mol. The first-order valence-corrected chi connectivity index (χ1v) is 6.06. The number of nitrogens with two attached hydrogens (primary N) is 1. The molecular weight excluding hydrogens is 214 g/mol. The maximum absolute atomic E-state index is 12.1. The van der Waals surface area contributed by atoms with Gasteiger partial charge in [0.15, 0.2) is 0 Å². The van der Waals surface area contributed by atoms with Crippen LogP contribution in [0.5, 0.6) is 0 Å². The lowest BCUT2D eigenvalue weighted by Crippen LogP contribution is -2.52. The maximum Gasteiger partial charge on any atom is 0.239 e. The molecule has 0 spiro atoms. The fourth-order valence-electron chi connectivity index (χ4n) is 2.08. The molecule has 1 aliphatic heterocycles. The molecule has 92 valence electrons. The number of carbonyl (C=O) groups is 1. The number of carbonyl (C=O) groups excluding carboxylic acids is 1. The van der Waals surface area contributed by atoms with Gasteiger partial charge in [0, 0.05) is 26.2 Å². The summed E-state index contributed by atoms with van der Waals surface area (Å²) in [6, 6.07) is 9.49. The lowest BCUT2D eigenvalue weighted by molar-refractivity contribution is -0.133. The smallest absolute Gasteiger partial charge is 0.239 e. The molecule has 17 heavy (non-hydrogen) atoms. The third kappa shape index (κ3) is 3.28. The summed E-state index contributed by atoms with van der Waals surface area (Å²) < 4.78 is 0. The second-order valence-corrected chi connectivity index (χ2v) is 4.37. The molecule has 3 N–H and O–H groups in total. The van der Waals surface area contributed by atoms with Gasteiger partial charge in [0.1, 0.15) is 0 Å². The van der Waals surface area contributed by atoms with Crippen molar-refractivity contribution in [1.82, 2.24) is 10.2 Å². The van der Waals surface area contributed by atoms with Crippen molar-refractivity contribution in [2.75, 3.05) is 26.2 Å². The van der Waals surface area contributed by atoms with Gasteiger partial charge in [-0.3, -0.25) is 4.79 Å². The summed E-state index contributed by atoms with van der Waals surface area (Å²) >= 11 is 0. The van der Waals surface area contributed by atoms with Crippen LogP contribution in [0.2, 0.25) is 0 Å². The molecule has 1 amide bonds. The van der Waals surface area contributed by atoms with E-state index in [0.29, 0.717) is 6.42 Å². The average Bonchev–Trinajstić information content (AvgIpc) is 2.40. The molecule has 2 rings (SSSR count). The van der Waals surface area contributed by atoms with Gasteiger partial charge in [-0.15, -0.1) is 0 Å². The predicted octanol–water partition coefficient (Wildman–Crippen LogP) is -0.0118. The van der Waals surface area contributed by atoms with Gasteiger partial charge in [-0.25, -0.2) is 0 Å². The standard InChI is InChI=1S/C13H19N3O/c14-12(10-11-4-2-1-3-5-11)13(17)16-8-6-15-7-9-16/h1-5,12,15H,6-10,14H2. The van der Waals surface area contributed by atoms with E-state index in [4.69, 9.17) is 5.73 Å². The third-order valence-corrected chi connectivity index (χ3v) is 3.04. The zero-order valence-electron chi connectivity index (χ0n) is 9.93. The Labute approximate surface area is 102 Å². The van der Waals surface area contributed by atoms with Crippen LogP contribution in [-0.2, 0) is 11.2 Å². The van der Waals surface area contributed by atoms with Crippen molar-refractivity contribution in [3.8, 4) is 0 Å². The zero-order chi connectivity index (χ0) is 12.1. The Morgan fingerprint density at radius 1 is 1.29 bits per heavy atom. The number of hydrogen-bond acceptors (Lipinski definition) is 3. The molecule has 1 saturated heterocycles. The Bertz CT molecular complexity index is 360. The molecule has 1 fully saturated rings. The first-order chi connectivity index (χ1) is 8.27. The van der Waals surface area contributed by atoms with Crippen LogP contribution < -0.4 is 11.1 Å². The highest BCUT2D eigenvalue weighted by atomic mass is 16.2. The van der Waals surface area contributed by atoms with Crippen molar-refractivity contribution in [2.45, 2.75) is 12.5 Å². The van der Waals surface area contributed by atoms with Gasteiger partial charge in [-0.1, -0.05) is 30.3 Å². The highest BCUT2D eigenvalue weighted by Crippen LogP contribution is 2.05. The Morgan fingerprint density at radius 2 is 1.94 bits per heavy atom. The maximum atomic E-state index is 12.1. The number of hydrogen-bond donors (Lipinski definition) is 2. The van der Waals surface area contributed by atoms with Crippen LogP contribution in [0.1, 0.15) is 5.56 Å². The molecule has 1 aromatic rings. The lowest BCUT2D eigenvalue weighted by Gasteiger charge is -2.29. The molecule has 0 aromatic heterocycles. The van der Waals surface area contributed by atoms with Crippen LogP contribution >= 0.6 is 0 Å². The van der Waals surface area contributed by atoms with E-state index in [9.17, 15) is 4.79 Å². The lowest BCUT2D eigenvalue weighted by atomic mass is 10.1. The fraction of sp³-hybridized carbons (Fsp3) is 0.462. The average molecular weight is 233 g/mol. The van der Waals surface area contributed by atoms with Crippen LogP contribution in [-0.4, -0.2) is 43.0 Å². The van der Waals surface area contributed by atoms with Crippen molar-refractivity contribution in [3.05, 3.63) is 35.9 Å². The van der Waals surface area contributed by atoms with Crippen LogP contribution in [0.15, 0.2) is 30.3 Å². The molecule has 1 heterocycles. The van der Waals surface area contributed by atoms with Crippen molar-refractivity contribution < 1.29 is 4.79 Å². The largest absolute Gasteiger partial charge is 0.339 e. The number of benzene rings is 1. The van der Waals surface area contributed by atoms with E-state index in [1.54, 1.807) is 0 Å². The number of nitrogens with zero attached hydrogens (tertiary/aromatic N) is 1. The number of piperazine rings is 1. The molecule has 1 aromatic carbocycles. The molecule has 0 bridgehead atoms. The van der Waals surface area contributed by atoms with E-state index < -0.39 is 6.04 Å². The second kappa shape index (κ2) is 5.80. The van der Waals surface area contributed by atoms with Crippen molar-refractivity contribution in [2.24, 2.45) is 5.73 Å². The minimum absolute atomic E-state index is 0.0651. The van der Waals surface area contributed by atoms with E-state index in [1.807, 2.05) is 35.2 Å². The van der Waals surface area contributed by atoms with Crippen LogP contribution in [0.25, 0.3) is 0 Å². The summed E-state index contributed by atoms with van der Waals surface area (Å²) in [6.45, 7) is 3.26. The van der Waals surface area contributed by atoms with Gasteiger partial charge < -0.3 is 16.0 Å². The van der Waals surface area contributed by atoms with Crippen LogP contribution in [0, 0.1) is 0 Å². The highest BCUT2D eigenvalue weighted by Gasteiger charge is 2.22. The third-order valence-electron chi connectivity index (χ3n) is 3.04. The molecule has 0 aliphatic carbocycles. The first kappa shape index (κ1) is 12.1. The number of rotatable bonds is 3. The molecule has 0 saturated carbocycles. The van der Waals surface area contributed by atoms with Gasteiger partial charge in [0.25, 0.3) is 0 Å². The normalized spacial score (nSPS) is 17.8. The molecule has 1 aliphatic rings. The molecule has 4 nitrogen and oxygen atoms in total. The van der Waals surface area contributed by atoms with E-state index >= 15 is 0 Å². The summed E-state index contributed by atoms with van der Waals surface area (Å²) in [6.07, 6.45) is 0.615. The van der Waals surface area contributed by atoms with Gasteiger partial charge in [0.05, 0.1) is 6.04 Å². The molecule has 4 heteroatoms. The topological polar surface area (TPSA) is 58.4 Å². The summed E-state index contributed by atoms with van der Waals surface area (Å²) in [5, 5.41) is 3.22. The molecule has 0 radical (unpaired) electrons. The van der Waals surface area contributed by atoms with Crippen LogP contribution in [0.4, 0.5) is 0 Å². The number of amides is 1. The highest BCUT2D eigenvalue weighted by molar-refractivity contribution is 5.82. The Balaban J connectivity index is 1.90. The molecular formula is C13H19N3O. The van der Waals surface area contributed by atoms with Gasteiger partial charge in [0.2, 0.25) is 5.91 Å². The Kier molecular flexibility index (Phi) is 4.12. The van der Waals surface area contributed by atoms with E-state index in [1.165, 1.54) is 0 Å². The number of nitrogens with one attached hydrogen (secondary N) is 1. The Hall–Kier alpha value is -1.39. The first-order valence-electron chi connectivity index (χ1n) is 6.06. The summed E-state index contributed by atoms with van der Waals surface area (Å²) in [5.74, 6) is 0.0651. The van der Waals surface area contributed by atoms with Crippen molar-refractivity contribution in [1.29, 1.82) is 0 Å². The Morgan fingerprint density at radius 3 is 2.59 bits per heavy atom. The van der Waals surface area contributed by atoms with E-state index in [-0.39, 0.29) is 5.91 Å². The van der Waals surface area contributed by atoms with Crippen LogP contribution in [0.3, 0.4) is 0 Å². The van der Waals surface area contributed by atoms with Crippen molar-refractivity contribution in [3.63, 3.8) is 0 Å². The van der Waals surface area contributed by atoms with E-state index in [2.05, 4.69) is 5.32 Å². The fourth-order valence-corrected chi connectivity index (χ4v) is 2.08. The summed E-state index contributed by atoms with van der Waals surface area (Å²) in [4.78, 5) is 13.9. The minimum atomic E-state index is -0.421. The van der Waals surface area contributed by atoms with Gasteiger partial charge in [-0.05, 0) is 12.0 Å². The van der Waals surface area contributed by atoms with E-state index in [0.717, 1.165) is 31.7 Å². The summed E-state index contributed by atoms with van der Waals surface area (Å²) in [5.41, 5.74) is 7.08. The molecule has 1 unspecified atom stereocenters. The predicted molar refractivity (Wildman–Crippen MR) is 67.6 cm³/mol. The molecule has 1 atom stereocenters. The quantitative estimate of drug-likeness (QED) is 0.772. The minimum Gasteiger partial charge on any atom is -0.339 e. The van der Waals surface area contributed by atoms with Gasteiger partial charge >= 0.3 is 0 Å².